The van der Waals surface area contributed by atoms with Gasteiger partial charge in [-0.1, -0.05) is 17.7 Å². The molecule has 0 radical (unpaired) electrons. The Balaban J connectivity index is 1.78. The summed E-state index contributed by atoms with van der Waals surface area (Å²) >= 11 is 6.29. The summed E-state index contributed by atoms with van der Waals surface area (Å²) in [6, 6.07) is 6.74. The van der Waals surface area contributed by atoms with Crippen molar-refractivity contribution in [3.05, 3.63) is 29.8 Å². The van der Waals surface area contributed by atoms with Crippen molar-refractivity contribution in [3.63, 3.8) is 0 Å². The molecule has 3 nitrogen and oxygen atoms in total. The van der Waals surface area contributed by atoms with Crippen LogP contribution in [0.4, 0.5) is 0 Å². The van der Waals surface area contributed by atoms with Crippen LogP contribution in [0.15, 0.2) is 29.2 Å². The molecule has 1 aromatic carbocycles. The van der Waals surface area contributed by atoms with Gasteiger partial charge in [-0.15, -0.1) is 11.6 Å². The Labute approximate surface area is 119 Å². The van der Waals surface area contributed by atoms with Crippen LogP contribution < -0.4 is 0 Å². The second kappa shape index (κ2) is 4.76. The standard InChI is InChI=1S/C14H17ClO3S/c1-9-2-5-11(6-3-9)19(16,17)18-13-8-10-4-7-12(13)14(10)15/h2-3,5-6,10,12-14H,4,7-8H2,1H3/t10?,12?,13-,14?/m1/s1. The molecule has 0 aliphatic heterocycles. The molecule has 0 heterocycles. The van der Waals surface area contributed by atoms with Gasteiger partial charge in [0.05, 0.1) is 11.0 Å². The van der Waals surface area contributed by atoms with E-state index >= 15 is 0 Å². The van der Waals surface area contributed by atoms with E-state index in [4.69, 9.17) is 15.8 Å². The molecule has 0 N–H and O–H groups in total. The van der Waals surface area contributed by atoms with Gasteiger partial charge in [0.2, 0.25) is 0 Å². The number of alkyl halides is 1. The normalized spacial score (nSPS) is 33.8. The van der Waals surface area contributed by atoms with E-state index in [-0.39, 0.29) is 22.3 Å². The maximum Gasteiger partial charge on any atom is 0.297 e. The summed E-state index contributed by atoms with van der Waals surface area (Å²) < 4.78 is 29.9. The van der Waals surface area contributed by atoms with E-state index in [9.17, 15) is 8.42 Å². The van der Waals surface area contributed by atoms with Crippen molar-refractivity contribution in [2.45, 2.75) is 42.6 Å². The van der Waals surface area contributed by atoms with Gasteiger partial charge >= 0.3 is 0 Å². The Kier molecular flexibility index (Phi) is 3.36. The number of halogens is 1. The predicted molar refractivity (Wildman–Crippen MR) is 73.7 cm³/mol. The van der Waals surface area contributed by atoms with Crippen LogP contribution in [0.25, 0.3) is 0 Å². The second-order valence-corrected chi connectivity index (χ2v) is 7.66. The first-order valence-electron chi connectivity index (χ1n) is 6.61. The van der Waals surface area contributed by atoms with Crippen molar-refractivity contribution in [1.29, 1.82) is 0 Å². The highest BCUT2D eigenvalue weighted by atomic mass is 35.5. The first-order chi connectivity index (χ1) is 8.97. The van der Waals surface area contributed by atoms with E-state index in [1.54, 1.807) is 24.3 Å². The number of benzene rings is 1. The lowest BCUT2D eigenvalue weighted by atomic mass is 9.98. The van der Waals surface area contributed by atoms with Gasteiger partial charge in [-0.2, -0.15) is 8.42 Å². The van der Waals surface area contributed by atoms with Crippen molar-refractivity contribution in [2.75, 3.05) is 0 Å². The zero-order chi connectivity index (χ0) is 13.6. The van der Waals surface area contributed by atoms with Gasteiger partial charge in [0, 0.05) is 11.3 Å². The molecule has 3 rings (SSSR count). The summed E-state index contributed by atoms with van der Waals surface area (Å²) in [5.41, 5.74) is 1.03. The molecule has 104 valence electrons. The van der Waals surface area contributed by atoms with E-state index in [1.807, 2.05) is 6.92 Å². The fourth-order valence-corrected chi connectivity index (χ4v) is 4.86. The van der Waals surface area contributed by atoms with E-state index < -0.39 is 10.1 Å². The highest BCUT2D eigenvalue weighted by molar-refractivity contribution is 7.86. The Morgan fingerprint density at radius 2 is 1.89 bits per heavy atom. The molecule has 0 saturated heterocycles. The molecule has 2 fully saturated rings. The van der Waals surface area contributed by atoms with Crippen molar-refractivity contribution in [2.24, 2.45) is 11.8 Å². The highest BCUT2D eigenvalue weighted by Gasteiger charge is 2.49. The molecule has 3 unspecified atom stereocenters. The average molecular weight is 301 g/mol. The molecule has 0 aromatic heterocycles. The molecule has 1 aromatic rings. The second-order valence-electron chi connectivity index (χ2n) is 5.58. The molecule has 0 amide bonds. The third-order valence-corrected chi connectivity index (χ3v) is 6.33. The lowest BCUT2D eigenvalue weighted by Crippen LogP contribution is -2.25. The summed E-state index contributed by atoms with van der Waals surface area (Å²) in [5, 5.41) is 0.0817. The minimum absolute atomic E-state index is 0.0817. The molecule has 2 bridgehead atoms. The lowest BCUT2D eigenvalue weighted by molar-refractivity contribution is 0.146. The fourth-order valence-electron chi connectivity index (χ4n) is 3.22. The van der Waals surface area contributed by atoms with Gasteiger partial charge in [0.15, 0.2) is 0 Å². The van der Waals surface area contributed by atoms with Crippen molar-refractivity contribution >= 4 is 21.7 Å². The number of hydrogen-bond donors (Lipinski definition) is 0. The molecule has 2 aliphatic rings. The molecular formula is C14H17ClO3S. The van der Waals surface area contributed by atoms with Crippen LogP contribution in [0.5, 0.6) is 0 Å². The number of aryl methyl sites for hydroxylation is 1. The smallest absolute Gasteiger partial charge is 0.263 e. The van der Waals surface area contributed by atoms with Crippen LogP contribution >= 0.6 is 11.6 Å². The lowest BCUT2D eigenvalue weighted by Gasteiger charge is -2.21. The third-order valence-electron chi connectivity index (χ3n) is 4.30. The highest BCUT2D eigenvalue weighted by Crippen LogP contribution is 2.49. The Bertz CT molecular complexity index is 567. The zero-order valence-corrected chi connectivity index (χ0v) is 12.3. The number of rotatable bonds is 3. The van der Waals surface area contributed by atoms with Crippen LogP contribution in [0.3, 0.4) is 0 Å². The minimum atomic E-state index is -3.66. The van der Waals surface area contributed by atoms with E-state index in [0.717, 1.165) is 24.8 Å². The van der Waals surface area contributed by atoms with Crippen LogP contribution in [0.1, 0.15) is 24.8 Å². The first kappa shape index (κ1) is 13.4. The number of fused-ring (bicyclic) bond motifs is 2. The predicted octanol–water partition coefficient (Wildman–Crippen LogP) is 3.11. The Hall–Kier alpha value is -0.580. The Morgan fingerprint density at radius 1 is 1.21 bits per heavy atom. The molecule has 2 aliphatic carbocycles. The Morgan fingerprint density at radius 3 is 2.42 bits per heavy atom. The third kappa shape index (κ3) is 2.41. The molecule has 5 heteroatoms. The van der Waals surface area contributed by atoms with Gasteiger partial charge in [0.1, 0.15) is 0 Å². The topological polar surface area (TPSA) is 43.4 Å². The summed E-state index contributed by atoms with van der Waals surface area (Å²) in [6.07, 6.45) is 2.60. The summed E-state index contributed by atoms with van der Waals surface area (Å²) in [6.45, 7) is 1.92. The molecule has 19 heavy (non-hydrogen) atoms. The van der Waals surface area contributed by atoms with Crippen molar-refractivity contribution in [3.8, 4) is 0 Å². The maximum atomic E-state index is 12.2. The van der Waals surface area contributed by atoms with Crippen molar-refractivity contribution < 1.29 is 12.6 Å². The van der Waals surface area contributed by atoms with Crippen LogP contribution in [0, 0.1) is 18.8 Å². The fraction of sp³-hybridized carbons (Fsp3) is 0.571. The maximum absolute atomic E-state index is 12.2. The number of hydrogen-bond acceptors (Lipinski definition) is 3. The first-order valence-corrected chi connectivity index (χ1v) is 8.46. The van der Waals surface area contributed by atoms with Gasteiger partial charge in [-0.3, -0.25) is 4.18 Å². The van der Waals surface area contributed by atoms with Gasteiger partial charge in [-0.25, -0.2) is 0 Å². The molecule has 0 spiro atoms. The van der Waals surface area contributed by atoms with Gasteiger partial charge < -0.3 is 0 Å². The zero-order valence-electron chi connectivity index (χ0n) is 10.8. The summed E-state index contributed by atoms with van der Waals surface area (Å²) in [5.74, 6) is 0.608. The minimum Gasteiger partial charge on any atom is -0.263 e. The monoisotopic (exact) mass is 300 g/mol. The SMILES string of the molecule is Cc1ccc(S(=O)(=O)O[C@@H]2CC3CCC2C3Cl)cc1. The average Bonchev–Trinajstić information content (AvgIpc) is 2.84. The van der Waals surface area contributed by atoms with Crippen LogP contribution in [-0.4, -0.2) is 19.9 Å². The van der Waals surface area contributed by atoms with E-state index in [2.05, 4.69) is 0 Å². The van der Waals surface area contributed by atoms with Gasteiger partial charge in [0.25, 0.3) is 10.1 Å². The van der Waals surface area contributed by atoms with Gasteiger partial charge in [-0.05, 0) is 44.2 Å². The summed E-state index contributed by atoms with van der Waals surface area (Å²) in [4.78, 5) is 0.229. The van der Waals surface area contributed by atoms with E-state index in [1.165, 1.54) is 0 Å². The van der Waals surface area contributed by atoms with Crippen LogP contribution in [-0.2, 0) is 14.3 Å². The molecule has 4 atom stereocenters. The largest absolute Gasteiger partial charge is 0.297 e. The van der Waals surface area contributed by atoms with Crippen LogP contribution in [0.2, 0.25) is 0 Å². The molecule has 2 saturated carbocycles. The van der Waals surface area contributed by atoms with E-state index in [0.29, 0.717) is 5.92 Å². The molecular weight excluding hydrogens is 284 g/mol. The van der Waals surface area contributed by atoms with Crippen molar-refractivity contribution in [1.82, 2.24) is 0 Å². The quantitative estimate of drug-likeness (QED) is 0.636. The summed E-state index contributed by atoms with van der Waals surface area (Å²) in [7, 11) is -3.66.